The van der Waals surface area contributed by atoms with Crippen molar-refractivity contribution in [3.8, 4) is 0 Å². The van der Waals surface area contributed by atoms with Gasteiger partial charge in [0.25, 0.3) is 0 Å². The summed E-state index contributed by atoms with van der Waals surface area (Å²) in [6.07, 6.45) is 3.91. The molecule has 0 aliphatic carbocycles. The van der Waals surface area contributed by atoms with Gasteiger partial charge in [0, 0.05) is 19.3 Å². The summed E-state index contributed by atoms with van der Waals surface area (Å²) in [6, 6.07) is 8.43. The Morgan fingerprint density at radius 1 is 1.13 bits per heavy atom. The van der Waals surface area contributed by atoms with Crippen molar-refractivity contribution in [2.75, 3.05) is 23.8 Å². The summed E-state index contributed by atoms with van der Waals surface area (Å²) in [5.74, 6) is 1.36. The van der Waals surface area contributed by atoms with Crippen LogP contribution in [-0.4, -0.2) is 28.8 Å². The number of rotatable bonds is 6. The number of nitrogens with zero attached hydrogens (tertiary/aromatic N) is 4. The first kappa shape index (κ1) is 17.2. The van der Waals surface area contributed by atoms with E-state index in [2.05, 4.69) is 72.5 Å². The Kier molecular flexibility index (Phi) is 5.53. The fourth-order valence-corrected chi connectivity index (χ4v) is 2.21. The number of unbranched alkanes of at least 4 members (excludes halogenated alkanes) is 1. The lowest BCUT2D eigenvalue weighted by Crippen LogP contribution is -2.21. The standard InChI is InChI=1S/C18H27N5/c1-6-7-12-23(5)17-21-16(13-19-22-17)20-15-10-8-14(9-11-15)18(2,3)4/h8-11,13H,6-7,12H2,1-5H3,(H,20,21,22). The minimum atomic E-state index is 0.157. The van der Waals surface area contributed by atoms with Crippen LogP contribution in [0.3, 0.4) is 0 Å². The molecule has 124 valence electrons. The number of benzene rings is 1. The van der Waals surface area contributed by atoms with Crippen LogP contribution >= 0.6 is 0 Å². The minimum absolute atomic E-state index is 0.157. The molecule has 0 bridgehead atoms. The van der Waals surface area contributed by atoms with Gasteiger partial charge in [0.15, 0.2) is 5.82 Å². The first-order valence-corrected chi connectivity index (χ1v) is 8.18. The third-order valence-corrected chi connectivity index (χ3v) is 3.76. The first-order valence-electron chi connectivity index (χ1n) is 8.18. The molecule has 0 aliphatic heterocycles. The Hall–Kier alpha value is -2.17. The van der Waals surface area contributed by atoms with Crippen LogP contribution in [0.1, 0.15) is 46.1 Å². The summed E-state index contributed by atoms with van der Waals surface area (Å²) < 4.78 is 0. The molecule has 0 radical (unpaired) electrons. The van der Waals surface area contributed by atoms with Gasteiger partial charge in [-0.3, -0.25) is 0 Å². The molecular weight excluding hydrogens is 286 g/mol. The third kappa shape index (κ3) is 4.91. The van der Waals surface area contributed by atoms with Crippen molar-refractivity contribution >= 4 is 17.5 Å². The van der Waals surface area contributed by atoms with Gasteiger partial charge in [-0.05, 0) is 29.5 Å². The predicted octanol–water partition coefficient (Wildman–Crippen LogP) is 4.15. The molecule has 0 saturated carbocycles. The highest BCUT2D eigenvalue weighted by molar-refractivity contribution is 5.56. The molecule has 1 aromatic carbocycles. The van der Waals surface area contributed by atoms with Crippen molar-refractivity contribution in [2.45, 2.75) is 46.0 Å². The Bertz CT molecular complexity index is 616. The third-order valence-electron chi connectivity index (χ3n) is 3.76. The lowest BCUT2D eigenvalue weighted by Gasteiger charge is -2.19. The van der Waals surface area contributed by atoms with Gasteiger partial charge in [0.05, 0.1) is 6.20 Å². The molecule has 2 aromatic rings. The first-order chi connectivity index (χ1) is 10.9. The fraction of sp³-hybridized carbons (Fsp3) is 0.500. The second-order valence-electron chi connectivity index (χ2n) is 6.87. The van der Waals surface area contributed by atoms with Crippen molar-refractivity contribution in [3.05, 3.63) is 36.0 Å². The van der Waals surface area contributed by atoms with Crippen molar-refractivity contribution in [3.63, 3.8) is 0 Å². The molecule has 23 heavy (non-hydrogen) atoms. The molecule has 1 N–H and O–H groups in total. The van der Waals surface area contributed by atoms with Gasteiger partial charge >= 0.3 is 0 Å². The molecule has 2 rings (SSSR count). The number of nitrogens with one attached hydrogen (secondary N) is 1. The van der Waals surface area contributed by atoms with Gasteiger partial charge in [-0.1, -0.05) is 46.2 Å². The lowest BCUT2D eigenvalue weighted by atomic mass is 9.87. The van der Waals surface area contributed by atoms with Crippen LogP contribution in [0.2, 0.25) is 0 Å². The molecule has 1 aromatic heterocycles. The molecule has 5 heteroatoms. The summed E-state index contributed by atoms with van der Waals surface area (Å²) in [7, 11) is 1.99. The van der Waals surface area contributed by atoms with Crippen LogP contribution in [-0.2, 0) is 5.41 Å². The zero-order valence-electron chi connectivity index (χ0n) is 14.8. The Labute approximate surface area is 139 Å². The van der Waals surface area contributed by atoms with Gasteiger partial charge in [0.1, 0.15) is 0 Å². The zero-order chi connectivity index (χ0) is 16.9. The molecule has 0 fully saturated rings. The number of aromatic nitrogens is 3. The summed E-state index contributed by atoms with van der Waals surface area (Å²) >= 11 is 0. The molecule has 0 atom stereocenters. The van der Waals surface area contributed by atoms with Crippen LogP contribution < -0.4 is 10.2 Å². The Morgan fingerprint density at radius 3 is 2.43 bits per heavy atom. The molecule has 0 amide bonds. The molecule has 0 aliphatic rings. The predicted molar refractivity (Wildman–Crippen MR) is 96.4 cm³/mol. The lowest BCUT2D eigenvalue weighted by molar-refractivity contribution is 0.590. The van der Waals surface area contributed by atoms with Gasteiger partial charge in [-0.25, -0.2) is 0 Å². The zero-order valence-corrected chi connectivity index (χ0v) is 14.8. The Balaban J connectivity index is 2.08. The molecule has 0 saturated heterocycles. The highest BCUT2D eigenvalue weighted by Crippen LogP contribution is 2.24. The summed E-state index contributed by atoms with van der Waals surface area (Å²) in [4.78, 5) is 6.57. The van der Waals surface area contributed by atoms with E-state index in [1.807, 2.05) is 11.9 Å². The van der Waals surface area contributed by atoms with E-state index in [1.165, 1.54) is 5.56 Å². The molecular formula is C18H27N5. The van der Waals surface area contributed by atoms with E-state index in [0.717, 1.165) is 25.1 Å². The average Bonchev–Trinajstić information content (AvgIpc) is 2.52. The highest BCUT2D eigenvalue weighted by Gasteiger charge is 2.13. The topological polar surface area (TPSA) is 53.9 Å². The van der Waals surface area contributed by atoms with E-state index < -0.39 is 0 Å². The SMILES string of the molecule is CCCCN(C)c1nncc(Nc2ccc(C(C)(C)C)cc2)n1. The quantitative estimate of drug-likeness (QED) is 0.868. The number of hydrogen-bond donors (Lipinski definition) is 1. The summed E-state index contributed by atoms with van der Waals surface area (Å²) in [5.41, 5.74) is 2.47. The summed E-state index contributed by atoms with van der Waals surface area (Å²) in [5, 5.41) is 11.4. The highest BCUT2D eigenvalue weighted by atomic mass is 15.3. The number of hydrogen-bond acceptors (Lipinski definition) is 5. The van der Waals surface area contributed by atoms with Crippen molar-refractivity contribution in [1.29, 1.82) is 0 Å². The smallest absolute Gasteiger partial charge is 0.247 e. The van der Waals surface area contributed by atoms with Crippen LogP contribution in [0.25, 0.3) is 0 Å². The minimum Gasteiger partial charge on any atom is -0.343 e. The van der Waals surface area contributed by atoms with Crippen LogP contribution in [0.5, 0.6) is 0 Å². The van der Waals surface area contributed by atoms with Crippen LogP contribution in [0.4, 0.5) is 17.5 Å². The monoisotopic (exact) mass is 313 g/mol. The van der Waals surface area contributed by atoms with E-state index in [9.17, 15) is 0 Å². The Morgan fingerprint density at radius 2 is 1.83 bits per heavy atom. The van der Waals surface area contributed by atoms with Crippen molar-refractivity contribution in [1.82, 2.24) is 15.2 Å². The van der Waals surface area contributed by atoms with E-state index in [-0.39, 0.29) is 5.41 Å². The second-order valence-corrected chi connectivity index (χ2v) is 6.87. The molecule has 0 unspecified atom stereocenters. The van der Waals surface area contributed by atoms with Crippen molar-refractivity contribution < 1.29 is 0 Å². The van der Waals surface area contributed by atoms with Gasteiger partial charge in [-0.15, -0.1) is 5.10 Å². The second kappa shape index (κ2) is 7.40. The van der Waals surface area contributed by atoms with Gasteiger partial charge < -0.3 is 10.2 Å². The normalized spacial score (nSPS) is 11.3. The van der Waals surface area contributed by atoms with Gasteiger partial charge in [0.2, 0.25) is 5.95 Å². The maximum Gasteiger partial charge on any atom is 0.247 e. The van der Waals surface area contributed by atoms with E-state index >= 15 is 0 Å². The van der Waals surface area contributed by atoms with E-state index in [0.29, 0.717) is 11.8 Å². The fourth-order valence-electron chi connectivity index (χ4n) is 2.21. The van der Waals surface area contributed by atoms with Crippen LogP contribution in [0, 0.1) is 0 Å². The molecule has 0 spiro atoms. The largest absolute Gasteiger partial charge is 0.343 e. The van der Waals surface area contributed by atoms with Crippen molar-refractivity contribution in [2.24, 2.45) is 0 Å². The van der Waals surface area contributed by atoms with Crippen LogP contribution in [0.15, 0.2) is 30.5 Å². The average molecular weight is 313 g/mol. The number of anilines is 3. The molecule has 5 nitrogen and oxygen atoms in total. The van der Waals surface area contributed by atoms with Gasteiger partial charge in [-0.2, -0.15) is 10.1 Å². The maximum absolute atomic E-state index is 4.53. The maximum atomic E-state index is 4.53. The summed E-state index contributed by atoms with van der Waals surface area (Å²) in [6.45, 7) is 9.74. The van der Waals surface area contributed by atoms with E-state index in [1.54, 1.807) is 6.20 Å². The van der Waals surface area contributed by atoms with E-state index in [4.69, 9.17) is 0 Å². The molecule has 1 heterocycles.